The first kappa shape index (κ1) is 16.4. The molecule has 0 N–H and O–H groups in total. The summed E-state index contributed by atoms with van der Waals surface area (Å²) in [5, 5.41) is 0. The first-order chi connectivity index (χ1) is 5.83. The van der Waals surface area contributed by atoms with Crippen LogP contribution in [0.4, 0.5) is 0 Å². The standard InChI is InChI=1S/C9H10O3.Na.H2P/c1-11-8-4-3-5-9(12-2)7(8)6-10;;/h3-6H,1-2H3;;1H2/q;+1;-1. The van der Waals surface area contributed by atoms with Crippen molar-refractivity contribution < 1.29 is 43.8 Å². The van der Waals surface area contributed by atoms with Crippen LogP contribution in [-0.2, 0) is 0 Å². The molecule has 0 unspecified atom stereocenters. The summed E-state index contributed by atoms with van der Waals surface area (Å²) in [4.78, 5) is 10.6. The van der Waals surface area contributed by atoms with Crippen LogP contribution in [0, 0.1) is 0 Å². The molecular formula is C9H12NaO3P. The zero-order chi connectivity index (χ0) is 8.97. The minimum absolute atomic E-state index is 0. The molecule has 1 rings (SSSR count). The van der Waals surface area contributed by atoms with Crippen LogP contribution in [-0.4, -0.2) is 20.5 Å². The van der Waals surface area contributed by atoms with Gasteiger partial charge >= 0.3 is 29.6 Å². The van der Waals surface area contributed by atoms with E-state index in [2.05, 4.69) is 0 Å². The topological polar surface area (TPSA) is 35.5 Å². The maximum Gasteiger partial charge on any atom is 1.00 e. The van der Waals surface area contributed by atoms with Crippen LogP contribution in [0.3, 0.4) is 0 Å². The summed E-state index contributed by atoms with van der Waals surface area (Å²) in [6, 6.07) is 5.20. The average molecular weight is 222 g/mol. The second-order valence-electron chi connectivity index (χ2n) is 2.19. The van der Waals surface area contributed by atoms with E-state index in [1.807, 2.05) is 0 Å². The maximum atomic E-state index is 10.6. The van der Waals surface area contributed by atoms with Gasteiger partial charge in [0, 0.05) is 0 Å². The Labute approximate surface area is 109 Å². The van der Waals surface area contributed by atoms with Crippen molar-refractivity contribution in [1.82, 2.24) is 0 Å². The maximum absolute atomic E-state index is 10.6. The van der Waals surface area contributed by atoms with Crippen LogP contribution < -0.4 is 39.0 Å². The number of methoxy groups -OCH3 is 2. The van der Waals surface area contributed by atoms with Gasteiger partial charge in [-0.15, -0.1) is 0 Å². The largest absolute Gasteiger partial charge is 1.00 e. The molecule has 0 saturated carbocycles. The normalized spacial score (nSPS) is 7.86. The van der Waals surface area contributed by atoms with Gasteiger partial charge in [0.25, 0.3) is 0 Å². The minimum Gasteiger partial charge on any atom is -0.577 e. The zero-order valence-electron chi connectivity index (χ0n) is 8.61. The molecule has 0 amide bonds. The van der Waals surface area contributed by atoms with Crippen molar-refractivity contribution in [3.8, 4) is 11.5 Å². The Morgan fingerprint density at radius 1 is 1.14 bits per heavy atom. The quantitative estimate of drug-likeness (QED) is 0.368. The summed E-state index contributed by atoms with van der Waals surface area (Å²) in [6.45, 7) is 0. The van der Waals surface area contributed by atoms with E-state index in [-0.39, 0.29) is 39.5 Å². The van der Waals surface area contributed by atoms with E-state index < -0.39 is 0 Å². The van der Waals surface area contributed by atoms with E-state index in [0.29, 0.717) is 17.1 Å². The van der Waals surface area contributed by atoms with Crippen LogP contribution in [0.1, 0.15) is 10.4 Å². The van der Waals surface area contributed by atoms with Crippen molar-refractivity contribution in [3.63, 3.8) is 0 Å². The fourth-order valence-corrected chi connectivity index (χ4v) is 0.996. The first-order valence-electron chi connectivity index (χ1n) is 3.49. The Balaban J connectivity index is 0. The van der Waals surface area contributed by atoms with E-state index >= 15 is 0 Å². The summed E-state index contributed by atoms with van der Waals surface area (Å²) in [5.41, 5.74) is 0.447. The molecule has 0 aliphatic carbocycles. The van der Waals surface area contributed by atoms with Gasteiger partial charge in [0.05, 0.1) is 19.8 Å². The molecule has 3 nitrogen and oxygen atoms in total. The molecule has 5 heteroatoms. The van der Waals surface area contributed by atoms with Gasteiger partial charge in [-0.05, 0) is 12.1 Å². The third-order valence-corrected chi connectivity index (χ3v) is 1.58. The molecule has 0 heterocycles. The molecular weight excluding hydrogens is 210 g/mol. The number of hydrogen-bond acceptors (Lipinski definition) is 3. The van der Waals surface area contributed by atoms with Crippen LogP contribution in [0.5, 0.6) is 11.5 Å². The van der Waals surface area contributed by atoms with Crippen molar-refractivity contribution in [2.75, 3.05) is 14.2 Å². The molecule has 1 aromatic carbocycles. The number of carbonyl (C=O) groups excluding carboxylic acids is 1. The molecule has 0 radical (unpaired) electrons. The van der Waals surface area contributed by atoms with Gasteiger partial charge in [0.1, 0.15) is 11.5 Å². The monoisotopic (exact) mass is 222 g/mol. The molecule has 1 aromatic rings. The van der Waals surface area contributed by atoms with E-state index in [9.17, 15) is 4.79 Å². The second kappa shape index (κ2) is 8.25. The van der Waals surface area contributed by atoms with Gasteiger partial charge in [0.2, 0.25) is 0 Å². The van der Waals surface area contributed by atoms with Crippen molar-refractivity contribution in [2.24, 2.45) is 0 Å². The molecule has 0 saturated heterocycles. The molecule has 0 bridgehead atoms. The number of ether oxygens (including phenoxy) is 2. The summed E-state index contributed by atoms with van der Waals surface area (Å²) >= 11 is 0. The molecule has 0 fully saturated rings. The molecule has 0 aromatic heterocycles. The minimum atomic E-state index is 0. The summed E-state index contributed by atoms with van der Waals surface area (Å²) < 4.78 is 9.93. The molecule has 72 valence electrons. The Morgan fingerprint density at radius 2 is 1.57 bits per heavy atom. The number of aldehydes is 1. The SMILES string of the molecule is COc1cccc(OC)c1C=O.[Na+].[PH2-]. The van der Waals surface area contributed by atoms with E-state index in [0.717, 1.165) is 6.29 Å². The van der Waals surface area contributed by atoms with Crippen LogP contribution in [0.15, 0.2) is 18.2 Å². The molecule has 14 heavy (non-hydrogen) atoms. The Bertz CT molecular complexity index is 269. The predicted molar refractivity (Wildman–Crippen MR) is 54.6 cm³/mol. The van der Waals surface area contributed by atoms with E-state index in [4.69, 9.17) is 9.47 Å². The molecule has 0 atom stereocenters. The van der Waals surface area contributed by atoms with Crippen molar-refractivity contribution in [3.05, 3.63) is 23.8 Å². The van der Waals surface area contributed by atoms with Gasteiger partial charge in [-0.1, -0.05) is 6.07 Å². The molecule has 0 spiro atoms. The van der Waals surface area contributed by atoms with E-state index in [1.165, 1.54) is 14.2 Å². The van der Waals surface area contributed by atoms with Crippen molar-refractivity contribution >= 4 is 16.2 Å². The number of hydrogen-bond donors (Lipinski definition) is 0. The Hall–Kier alpha value is -0.0800. The second-order valence-corrected chi connectivity index (χ2v) is 2.19. The fourth-order valence-electron chi connectivity index (χ4n) is 0.996. The fraction of sp³-hybridized carbons (Fsp3) is 0.222. The first-order valence-corrected chi connectivity index (χ1v) is 3.49. The smallest absolute Gasteiger partial charge is 0.577 e. The van der Waals surface area contributed by atoms with E-state index in [1.54, 1.807) is 18.2 Å². The third-order valence-electron chi connectivity index (χ3n) is 1.58. The predicted octanol–water partition coefficient (Wildman–Crippen LogP) is -1.15. The van der Waals surface area contributed by atoms with Gasteiger partial charge in [-0.3, -0.25) is 4.79 Å². The Morgan fingerprint density at radius 3 is 1.86 bits per heavy atom. The van der Waals surface area contributed by atoms with Crippen molar-refractivity contribution in [2.45, 2.75) is 0 Å². The van der Waals surface area contributed by atoms with Crippen molar-refractivity contribution in [1.29, 1.82) is 0 Å². The molecule has 0 aliphatic heterocycles. The van der Waals surface area contributed by atoms with Gasteiger partial charge in [-0.2, -0.15) is 0 Å². The molecule has 0 aliphatic rings. The summed E-state index contributed by atoms with van der Waals surface area (Å²) in [6.07, 6.45) is 0.720. The zero-order valence-corrected chi connectivity index (χ0v) is 11.8. The summed E-state index contributed by atoms with van der Waals surface area (Å²) in [7, 11) is 3.03. The average Bonchev–Trinajstić information content (AvgIpc) is 2.16. The third kappa shape index (κ3) is 3.58. The number of carbonyl (C=O) groups is 1. The van der Waals surface area contributed by atoms with Crippen LogP contribution in [0.25, 0.3) is 0 Å². The Kier molecular flexibility index (Phi) is 9.63. The van der Waals surface area contributed by atoms with Gasteiger partial charge < -0.3 is 19.4 Å². The van der Waals surface area contributed by atoms with Gasteiger partial charge in [-0.25, -0.2) is 0 Å². The van der Waals surface area contributed by atoms with Crippen LogP contribution in [0.2, 0.25) is 0 Å². The number of rotatable bonds is 3. The number of benzene rings is 1. The van der Waals surface area contributed by atoms with Gasteiger partial charge in [0.15, 0.2) is 6.29 Å². The summed E-state index contributed by atoms with van der Waals surface area (Å²) in [5.74, 6) is 1.06. The van der Waals surface area contributed by atoms with Crippen LogP contribution >= 0.6 is 9.90 Å².